The standard InChI is InChI=1S/C17H21N/c1-2-3-14-4-8-16(9-5-14)17-10-6-15(7-11-17)12-13-18/h4-11H,2-3,12-13,18H2,1H3. The SMILES string of the molecule is CCCc1ccc(-c2ccc(CCN)cc2)cc1. The van der Waals surface area contributed by atoms with Crippen molar-refractivity contribution in [2.45, 2.75) is 26.2 Å². The van der Waals surface area contributed by atoms with E-state index < -0.39 is 0 Å². The summed E-state index contributed by atoms with van der Waals surface area (Å²) < 4.78 is 0. The number of rotatable bonds is 5. The molecule has 2 aromatic carbocycles. The van der Waals surface area contributed by atoms with E-state index in [1.54, 1.807) is 0 Å². The van der Waals surface area contributed by atoms with Gasteiger partial charge in [0.05, 0.1) is 0 Å². The van der Waals surface area contributed by atoms with Gasteiger partial charge in [-0.3, -0.25) is 0 Å². The molecular formula is C17H21N. The minimum atomic E-state index is 0.713. The molecule has 0 unspecified atom stereocenters. The lowest BCUT2D eigenvalue weighted by Crippen LogP contribution is -2.02. The Morgan fingerprint density at radius 2 is 1.17 bits per heavy atom. The first-order chi connectivity index (χ1) is 8.83. The monoisotopic (exact) mass is 239 g/mol. The minimum Gasteiger partial charge on any atom is -0.330 e. The van der Waals surface area contributed by atoms with Crippen molar-refractivity contribution in [2.24, 2.45) is 5.73 Å². The van der Waals surface area contributed by atoms with Gasteiger partial charge in [-0.05, 0) is 41.6 Å². The first-order valence-electron chi connectivity index (χ1n) is 6.72. The van der Waals surface area contributed by atoms with Crippen LogP contribution in [0.25, 0.3) is 11.1 Å². The Kier molecular flexibility index (Phi) is 4.54. The molecule has 0 saturated carbocycles. The molecule has 2 N–H and O–H groups in total. The highest BCUT2D eigenvalue weighted by Crippen LogP contribution is 2.20. The molecule has 2 rings (SSSR count). The Balaban J connectivity index is 2.15. The average Bonchev–Trinajstić information content (AvgIpc) is 2.41. The molecule has 0 saturated heterocycles. The van der Waals surface area contributed by atoms with Crippen molar-refractivity contribution in [1.29, 1.82) is 0 Å². The molecule has 0 bridgehead atoms. The Morgan fingerprint density at radius 3 is 1.56 bits per heavy atom. The molecule has 18 heavy (non-hydrogen) atoms. The number of nitrogens with two attached hydrogens (primary N) is 1. The van der Waals surface area contributed by atoms with Gasteiger partial charge in [-0.15, -0.1) is 0 Å². The summed E-state index contributed by atoms with van der Waals surface area (Å²) in [6.45, 7) is 2.93. The molecule has 0 spiro atoms. The van der Waals surface area contributed by atoms with E-state index in [1.165, 1.54) is 28.7 Å². The van der Waals surface area contributed by atoms with E-state index in [-0.39, 0.29) is 0 Å². The lowest BCUT2D eigenvalue weighted by Gasteiger charge is -2.05. The Labute approximate surface area is 110 Å². The van der Waals surface area contributed by atoms with Gasteiger partial charge in [0, 0.05) is 0 Å². The van der Waals surface area contributed by atoms with E-state index in [1.807, 2.05) is 0 Å². The van der Waals surface area contributed by atoms with Gasteiger partial charge in [0.2, 0.25) is 0 Å². The first-order valence-corrected chi connectivity index (χ1v) is 6.72. The third-order valence-electron chi connectivity index (χ3n) is 3.21. The molecule has 94 valence electrons. The molecule has 0 fully saturated rings. The lowest BCUT2D eigenvalue weighted by molar-refractivity contribution is 0.922. The molecule has 2 aromatic rings. The third kappa shape index (κ3) is 3.21. The van der Waals surface area contributed by atoms with E-state index in [0.717, 1.165) is 12.8 Å². The molecule has 0 aliphatic rings. The summed E-state index contributed by atoms with van der Waals surface area (Å²) in [7, 11) is 0. The highest BCUT2D eigenvalue weighted by atomic mass is 14.5. The van der Waals surface area contributed by atoms with Gasteiger partial charge in [0.25, 0.3) is 0 Å². The molecule has 0 atom stereocenters. The van der Waals surface area contributed by atoms with Crippen LogP contribution < -0.4 is 5.73 Å². The highest BCUT2D eigenvalue weighted by molar-refractivity contribution is 5.63. The number of aryl methyl sites for hydroxylation is 1. The highest BCUT2D eigenvalue weighted by Gasteiger charge is 1.98. The van der Waals surface area contributed by atoms with Crippen molar-refractivity contribution in [3.8, 4) is 11.1 Å². The quantitative estimate of drug-likeness (QED) is 0.843. The topological polar surface area (TPSA) is 26.0 Å². The van der Waals surface area contributed by atoms with Crippen LogP contribution >= 0.6 is 0 Å². The largest absolute Gasteiger partial charge is 0.330 e. The van der Waals surface area contributed by atoms with Gasteiger partial charge >= 0.3 is 0 Å². The van der Waals surface area contributed by atoms with E-state index in [4.69, 9.17) is 5.73 Å². The predicted molar refractivity (Wildman–Crippen MR) is 78.6 cm³/mol. The maximum Gasteiger partial charge on any atom is -0.00367 e. The van der Waals surface area contributed by atoms with Crippen molar-refractivity contribution in [1.82, 2.24) is 0 Å². The molecule has 1 nitrogen and oxygen atoms in total. The van der Waals surface area contributed by atoms with Crippen LogP contribution in [0.4, 0.5) is 0 Å². The van der Waals surface area contributed by atoms with Gasteiger partial charge in [-0.2, -0.15) is 0 Å². The second-order valence-corrected chi connectivity index (χ2v) is 4.68. The maximum absolute atomic E-state index is 5.55. The number of hydrogen-bond donors (Lipinski definition) is 1. The fourth-order valence-electron chi connectivity index (χ4n) is 2.18. The van der Waals surface area contributed by atoms with Crippen molar-refractivity contribution in [2.75, 3.05) is 6.54 Å². The van der Waals surface area contributed by atoms with Crippen LogP contribution in [-0.4, -0.2) is 6.54 Å². The average molecular weight is 239 g/mol. The summed E-state index contributed by atoms with van der Waals surface area (Å²) in [4.78, 5) is 0. The third-order valence-corrected chi connectivity index (χ3v) is 3.21. The van der Waals surface area contributed by atoms with Crippen LogP contribution in [0.15, 0.2) is 48.5 Å². The van der Waals surface area contributed by atoms with Crippen LogP contribution in [0.1, 0.15) is 24.5 Å². The predicted octanol–water partition coefficient (Wildman–Crippen LogP) is 3.81. The number of hydrogen-bond acceptors (Lipinski definition) is 1. The molecule has 0 aromatic heterocycles. The first kappa shape index (κ1) is 12.8. The summed E-state index contributed by atoms with van der Waals surface area (Å²) in [5, 5.41) is 0. The summed E-state index contributed by atoms with van der Waals surface area (Å²) in [6, 6.07) is 17.6. The second-order valence-electron chi connectivity index (χ2n) is 4.68. The number of benzene rings is 2. The fourth-order valence-corrected chi connectivity index (χ4v) is 2.18. The Hall–Kier alpha value is -1.60. The molecule has 0 aliphatic carbocycles. The Bertz CT molecular complexity index is 420. The molecule has 0 amide bonds. The minimum absolute atomic E-state index is 0.713. The zero-order chi connectivity index (χ0) is 12.8. The van der Waals surface area contributed by atoms with E-state index in [9.17, 15) is 0 Å². The van der Waals surface area contributed by atoms with Crippen LogP contribution in [0, 0.1) is 0 Å². The molecule has 0 aliphatic heterocycles. The smallest absolute Gasteiger partial charge is 0.00367 e. The van der Waals surface area contributed by atoms with Crippen LogP contribution in [-0.2, 0) is 12.8 Å². The molecule has 0 heterocycles. The fraction of sp³-hybridized carbons (Fsp3) is 0.294. The van der Waals surface area contributed by atoms with Gasteiger partial charge < -0.3 is 5.73 Å². The van der Waals surface area contributed by atoms with Crippen molar-refractivity contribution < 1.29 is 0 Å². The maximum atomic E-state index is 5.55. The van der Waals surface area contributed by atoms with Gasteiger partial charge in [-0.25, -0.2) is 0 Å². The van der Waals surface area contributed by atoms with Gasteiger partial charge in [-0.1, -0.05) is 61.9 Å². The second kappa shape index (κ2) is 6.36. The molecule has 0 radical (unpaired) electrons. The van der Waals surface area contributed by atoms with E-state index in [0.29, 0.717) is 6.54 Å². The Morgan fingerprint density at radius 1 is 0.722 bits per heavy atom. The normalized spacial score (nSPS) is 10.6. The zero-order valence-electron chi connectivity index (χ0n) is 11.0. The van der Waals surface area contributed by atoms with Gasteiger partial charge in [0.15, 0.2) is 0 Å². The van der Waals surface area contributed by atoms with Crippen LogP contribution in [0.5, 0.6) is 0 Å². The van der Waals surface area contributed by atoms with Crippen LogP contribution in [0.2, 0.25) is 0 Å². The summed E-state index contributed by atoms with van der Waals surface area (Å²) in [6.07, 6.45) is 3.32. The zero-order valence-corrected chi connectivity index (χ0v) is 11.0. The summed E-state index contributed by atoms with van der Waals surface area (Å²) in [5.41, 5.74) is 10.8. The molecular weight excluding hydrogens is 218 g/mol. The molecule has 1 heteroatoms. The summed E-state index contributed by atoms with van der Waals surface area (Å²) >= 11 is 0. The van der Waals surface area contributed by atoms with E-state index >= 15 is 0 Å². The summed E-state index contributed by atoms with van der Waals surface area (Å²) in [5.74, 6) is 0. The van der Waals surface area contributed by atoms with E-state index in [2.05, 4.69) is 55.5 Å². The van der Waals surface area contributed by atoms with Crippen molar-refractivity contribution in [3.05, 3.63) is 59.7 Å². The van der Waals surface area contributed by atoms with Crippen molar-refractivity contribution >= 4 is 0 Å². The van der Waals surface area contributed by atoms with Crippen LogP contribution in [0.3, 0.4) is 0 Å². The lowest BCUT2D eigenvalue weighted by atomic mass is 10.0. The van der Waals surface area contributed by atoms with Gasteiger partial charge in [0.1, 0.15) is 0 Å². The van der Waals surface area contributed by atoms with Crippen molar-refractivity contribution in [3.63, 3.8) is 0 Å².